The van der Waals surface area contributed by atoms with E-state index in [1.54, 1.807) is 12.1 Å². The molecule has 0 spiro atoms. The quantitative estimate of drug-likeness (QED) is 0.834. The van der Waals surface area contributed by atoms with Gasteiger partial charge in [0.15, 0.2) is 5.13 Å². The first kappa shape index (κ1) is 17.5. The Kier molecular flexibility index (Phi) is 5.65. The molecular formula is C17H20BrN3O2S. The largest absolute Gasteiger partial charge is 0.373 e. The van der Waals surface area contributed by atoms with Crippen molar-refractivity contribution in [3.63, 3.8) is 0 Å². The zero-order valence-electron chi connectivity index (χ0n) is 13.7. The van der Waals surface area contributed by atoms with Gasteiger partial charge in [-0.1, -0.05) is 15.9 Å². The van der Waals surface area contributed by atoms with Crippen molar-refractivity contribution in [1.29, 1.82) is 0 Å². The van der Waals surface area contributed by atoms with Crippen LogP contribution in [0.3, 0.4) is 0 Å². The fourth-order valence-electron chi connectivity index (χ4n) is 2.85. The first-order chi connectivity index (χ1) is 11.5. The highest BCUT2D eigenvalue weighted by Gasteiger charge is 2.22. The number of thiazole rings is 1. The third kappa shape index (κ3) is 4.63. The van der Waals surface area contributed by atoms with Crippen LogP contribution in [-0.4, -0.2) is 41.1 Å². The van der Waals surface area contributed by atoms with Gasteiger partial charge >= 0.3 is 0 Å². The van der Waals surface area contributed by atoms with E-state index in [9.17, 15) is 4.79 Å². The zero-order valence-corrected chi connectivity index (χ0v) is 16.1. The molecule has 1 N–H and O–H groups in total. The van der Waals surface area contributed by atoms with E-state index < -0.39 is 0 Å². The number of benzene rings is 1. The highest BCUT2D eigenvalue weighted by Crippen LogP contribution is 2.20. The predicted octanol–water partition coefficient (Wildman–Crippen LogP) is 3.77. The number of ether oxygens (including phenoxy) is 1. The molecule has 5 nitrogen and oxygen atoms in total. The van der Waals surface area contributed by atoms with Crippen LogP contribution in [0, 0.1) is 0 Å². The summed E-state index contributed by atoms with van der Waals surface area (Å²) in [5, 5.41) is 5.50. The van der Waals surface area contributed by atoms with Gasteiger partial charge in [-0.25, -0.2) is 4.98 Å². The molecule has 1 saturated heterocycles. The van der Waals surface area contributed by atoms with Gasteiger partial charge in [0, 0.05) is 35.1 Å². The molecule has 0 radical (unpaired) electrons. The third-order valence-electron chi connectivity index (χ3n) is 3.76. The molecule has 3 rings (SSSR count). The third-order valence-corrected chi connectivity index (χ3v) is 5.09. The summed E-state index contributed by atoms with van der Waals surface area (Å²) in [5.74, 6) is -0.142. The molecule has 2 aromatic rings. The Morgan fingerprint density at radius 2 is 2.00 bits per heavy atom. The maximum Gasteiger partial charge on any atom is 0.257 e. The van der Waals surface area contributed by atoms with Gasteiger partial charge < -0.3 is 4.74 Å². The number of aromatic nitrogens is 1. The second-order valence-corrected chi connectivity index (χ2v) is 7.83. The van der Waals surface area contributed by atoms with Gasteiger partial charge in [-0.3, -0.25) is 15.0 Å². The lowest BCUT2D eigenvalue weighted by Gasteiger charge is -2.34. The Balaban J connectivity index is 1.59. The molecule has 2 heterocycles. The van der Waals surface area contributed by atoms with Crippen molar-refractivity contribution in [3.05, 3.63) is 45.4 Å². The van der Waals surface area contributed by atoms with Crippen LogP contribution in [0.25, 0.3) is 0 Å². The second-order valence-electron chi connectivity index (χ2n) is 6.06. The monoisotopic (exact) mass is 409 g/mol. The molecule has 0 bridgehead atoms. The lowest BCUT2D eigenvalue weighted by molar-refractivity contribution is -0.0707. The smallest absolute Gasteiger partial charge is 0.257 e. The average molecular weight is 410 g/mol. The first-order valence-electron chi connectivity index (χ1n) is 7.89. The number of carbonyl (C=O) groups excluding carboxylic acids is 1. The topological polar surface area (TPSA) is 54.5 Å². The average Bonchev–Trinajstić information content (AvgIpc) is 2.93. The zero-order chi connectivity index (χ0) is 17.1. The number of carbonyl (C=O) groups is 1. The normalized spacial score (nSPS) is 21.6. The Morgan fingerprint density at radius 3 is 2.67 bits per heavy atom. The van der Waals surface area contributed by atoms with Gasteiger partial charge in [0.25, 0.3) is 5.91 Å². The molecule has 0 aliphatic carbocycles. The van der Waals surface area contributed by atoms with Gasteiger partial charge in [0.2, 0.25) is 0 Å². The molecule has 1 aromatic heterocycles. The summed E-state index contributed by atoms with van der Waals surface area (Å²) in [5.41, 5.74) is 1.60. The van der Waals surface area contributed by atoms with Crippen LogP contribution in [0.1, 0.15) is 29.9 Å². The van der Waals surface area contributed by atoms with E-state index in [1.807, 2.05) is 17.5 Å². The van der Waals surface area contributed by atoms with E-state index in [0.29, 0.717) is 10.7 Å². The van der Waals surface area contributed by atoms with Gasteiger partial charge in [-0.15, -0.1) is 11.3 Å². The van der Waals surface area contributed by atoms with Crippen LogP contribution in [-0.2, 0) is 11.3 Å². The van der Waals surface area contributed by atoms with Crippen LogP contribution < -0.4 is 5.32 Å². The van der Waals surface area contributed by atoms with Crippen molar-refractivity contribution in [2.24, 2.45) is 0 Å². The molecule has 0 unspecified atom stereocenters. The number of nitrogens with one attached hydrogen (secondary N) is 1. The second kappa shape index (κ2) is 7.74. The molecule has 1 aliphatic heterocycles. The Labute approximate surface area is 154 Å². The van der Waals surface area contributed by atoms with Crippen molar-refractivity contribution in [2.75, 3.05) is 18.4 Å². The van der Waals surface area contributed by atoms with Crippen LogP contribution in [0.5, 0.6) is 0 Å². The van der Waals surface area contributed by atoms with Crippen LogP contribution in [0.4, 0.5) is 5.13 Å². The van der Waals surface area contributed by atoms with Crippen LogP contribution in [0.2, 0.25) is 0 Å². The number of morpholine rings is 1. The molecule has 24 heavy (non-hydrogen) atoms. The standard InChI is InChI=1S/C17H20BrN3O2S/c1-11-7-21(8-12(2)23-11)9-15-10-24-17(19-15)20-16(22)13-3-5-14(18)6-4-13/h3-6,10-12H,7-9H2,1-2H3,(H,19,20,22)/t11-,12-/m0/s1. The minimum absolute atomic E-state index is 0.142. The Bertz CT molecular complexity index is 694. The van der Waals surface area contributed by atoms with Gasteiger partial charge in [0.05, 0.1) is 17.9 Å². The maximum absolute atomic E-state index is 12.2. The molecule has 1 amide bonds. The van der Waals surface area contributed by atoms with Crippen LogP contribution >= 0.6 is 27.3 Å². The number of hydrogen-bond acceptors (Lipinski definition) is 5. The Hall–Kier alpha value is -1.28. The highest BCUT2D eigenvalue weighted by atomic mass is 79.9. The van der Waals surface area contributed by atoms with Crippen molar-refractivity contribution in [2.45, 2.75) is 32.6 Å². The number of anilines is 1. The van der Waals surface area contributed by atoms with E-state index in [1.165, 1.54) is 11.3 Å². The van der Waals surface area contributed by atoms with Crippen molar-refractivity contribution in [3.8, 4) is 0 Å². The van der Waals surface area contributed by atoms with Crippen molar-refractivity contribution in [1.82, 2.24) is 9.88 Å². The SMILES string of the molecule is C[C@H]1CN(Cc2csc(NC(=O)c3ccc(Br)cc3)n2)C[C@H](C)O1. The maximum atomic E-state index is 12.2. The number of rotatable bonds is 4. The molecule has 7 heteroatoms. The molecule has 2 atom stereocenters. The molecule has 1 aliphatic rings. The van der Waals surface area contributed by atoms with E-state index in [4.69, 9.17) is 4.74 Å². The summed E-state index contributed by atoms with van der Waals surface area (Å²) < 4.78 is 6.70. The van der Waals surface area contributed by atoms with E-state index in [0.717, 1.165) is 29.8 Å². The van der Waals surface area contributed by atoms with Gasteiger partial charge in [-0.2, -0.15) is 0 Å². The van der Waals surface area contributed by atoms with E-state index in [2.05, 4.69) is 45.0 Å². The van der Waals surface area contributed by atoms with Gasteiger partial charge in [0.1, 0.15) is 0 Å². The highest BCUT2D eigenvalue weighted by molar-refractivity contribution is 9.10. The Morgan fingerprint density at radius 1 is 1.33 bits per heavy atom. The van der Waals surface area contributed by atoms with E-state index >= 15 is 0 Å². The summed E-state index contributed by atoms with van der Waals surface area (Å²) in [6.07, 6.45) is 0.480. The molecule has 1 fully saturated rings. The summed E-state index contributed by atoms with van der Waals surface area (Å²) in [7, 11) is 0. The first-order valence-corrected chi connectivity index (χ1v) is 9.56. The minimum atomic E-state index is -0.142. The summed E-state index contributed by atoms with van der Waals surface area (Å²) >= 11 is 4.82. The molecule has 0 saturated carbocycles. The summed E-state index contributed by atoms with van der Waals surface area (Å²) in [6, 6.07) is 7.26. The molecule has 128 valence electrons. The lowest BCUT2D eigenvalue weighted by Crippen LogP contribution is -2.44. The number of nitrogens with zero attached hydrogens (tertiary/aromatic N) is 2. The fourth-order valence-corrected chi connectivity index (χ4v) is 3.81. The fraction of sp³-hybridized carbons (Fsp3) is 0.412. The number of amides is 1. The lowest BCUT2D eigenvalue weighted by atomic mass is 10.2. The molecular weight excluding hydrogens is 390 g/mol. The molecule has 1 aromatic carbocycles. The number of hydrogen-bond donors (Lipinski definition) is 1. The predicted molar refractivity (Wildman–Crippen MR) is 99.5 cm³/mol. The number of halogens is 1. The minimum Gasteiger partial charge on any atom is -0.373 e. The van der Waals surface area contributed by atoms with Crippen LogP contribution in [0.15, 0.2) is 34.1 Å². The summed E-state index contributed by atoms with van der Waals surface area (Å²) in [4.78, 5) is 19.1. The van der Waals surface area contributed by atoms with Crippen molar-refractivity contribution >= 4 is 38.3 Å². The van der Waals surface area contributed by atoms with Crippen molar-refractivity contribution < 1.29 is 9.53 Å². The summed E-state index contributed by atoms with van der Waals surface area (Å²) in [6.45, 7) is 6.77. The van der Waals surface area contributed by atoms with Gasteiger partial charge in [-0.05, 0) is 38.1 Å². The van der Waals surface area contributed by atoms with E-state index in [-0.39, 0.29) is 18.1 Å².